The van der Waals surface area contributed by atoms with Crippen LogP contribution in [0.15, 0.2) is 187 Å². The molecule has 0 aliphatic carbocycles. The molecule has 42 heavy (non-hydrogen) atoms. The minimum Gasteiger partial charge on any atom is -0.444 e. The molecule has 0 aliphatic heterocycles. The molecule has 3 nitrogen and oxygen atoms in total. The van der Waals surface area contributed by atoms with Crippen LogP contribution < -0.4 is 31.8 Å². The molecule has 0 spiro atoms. The Hall–Kier alpha value is -3.68. The minimum atomic E-state index is -0.877. The zero-order chi connectivity index (χ0) is 28.5. The van der Waals surface area contributed by atoms with Crippen molar-refractivity contribution in [3.8, 4) is 0 Å². The molecule has 0 aliphatic rings. The van der Waals surface area contributed by atoms with Gasteiger partial charge in [0.25, 0.3) is 0 Å². The van der Waals surface area contributed by atoms with E-state index >= 15 is 0 Å². The van der Waals surface area contributed by atoms with Gasteiger partial charge in [0.1, 0.15) is 31.8 Å². The van der Waals surface area contributed by atoms with Gasteiger partial charge in [-0.1, -0.05) is 109 Å². The van der Waals surface area contributed by atoms with Crippen molar-refractivity contribution in [3.05, 3.63) is 192 Å². The zero-order valence-electron chi connectivity index (χ0n) is 22.9. The molecule has 212 valence electrons. The van der Waals surface area contributed by atoms with Crippen molar-refractivity contribution < 1.29 is 22.4 Å². The van der Waals surface area contributed by atoms with Crippen molar-refractivity contribution in [1.82, 2.24) is 0 Å². The number of benzene rings is 6. The van der Waals surface area contributed by atoms with E-state index in [1.807, 2.05) is 0 Å². The predicted molar refractivity (Wildman–Crippen MR) is 182 cm³/mol. The van der Waals surface area contributed by atoms with Crippen LogP contribution in [0, 0.1) is 10.1 Å². The Kier molecular flexibility index (Phi) is 14.6. The Morgan fingerprint density at radius 1 is 0.333 bits per heavy atom. The molecule has 0 N–H and O–H groups in total. The van der Waals surface area contributed by atoms with Crippen LogP contribution in [0.3, 0.4) is 0 Å². The van der Waals surface area contributed by atoms with Crippen LogP contribution in [0.1, 0.15) is 0 Å². The summed E-state index contributed by atoms with van der Waals surface area (Å²) in [6.07, 6.45) is 0. The molecular weight excluding hydrogens is 648 g/mol. The second-order valence-electron chi connectivity index (χ2n) is 9.02. The fraction of sp³-hybridized carbons (Fsp3) is 0. The van der Waals surface area contributed by atoms with Crippen molar-refractivity contribution in [1.29, 1.82) is 0 Å². The summed E-state index contributed by atoms with van der Waals surface area (Å²) in [7, 11) is -1.75. The molecule has 0 atom stereocenters. The maximum Gasteiger partial charge on any atom is 1.00 e. The quantitative estimate of drug-likeness (QED) is 0.0862. The Bertz CT molecular complexity index is 1240. The van der Waals surface area contributed by atoms with Crippen LogP contribution >= 0.6 is 15.8 Å². The van der Waals surface area contributed by atoms with Gasteiger partial charge in [-0.25, -0.2) is 0 Å². The zero-order valence-corrected chi connectivity index (χ0v) is 26.4. The Morgan fingerprint density at radius 2 is 0.452 bits per heavy atom. The third kappa shape index (κ3) is 9.71. The monoisotopic (exact) mass is 679 g/mol. The topological polar surface area (TPSA) is 52.5 Å². The first-order valence-electron chi connectivity index (χ1n) is 13.3. The van der Waals surface area contributed by atoms with Gasteiger partial charge in [-0.3, -0.25) is 0 Å². The van der Waals surface area contributed by atoms with E-state index < -0.39 is 15.8 Å². The number of rotatable bonds is 6. The molecule has 0 bridgehead atoms. The maximum absolute atomic E-state index is 8.00. The largest absolute Gasteiger partial charge is 1.00 e. The molecule has 6 aromatic rings. The van der Waals surface area contributed by atoms with Gasteiger partial charge in [-0.05, 0) is 72.8 Å². The molecule has 0 aromatic heterocycles. The van der Waals surface area contributed by atoms with E-state index in [1.54, 1.807) is 0 Å². The van der Waals surface area contributed by atoms with Crippen LogP contribution in [0.5, 0.6) is 0 Å². The molecular formula is C36H32AgNO2P2+2. The second kappa shape index (κ2) is 18.7. The maximum atomic E-state index is 8.00. The Balaban J connectivity index is 0.000000207. The van der Waals surface area contributed by atoms with E-state index in [4.69, 9.17) is 10.1 Å². The molecule has 6 rings (SSSR count). The predicted octanol–water partition coefficient (Wildman–Crippen LogP) is 6.60. The normalized spacial score (nSPS) is 9.86. The first kappa shape index (κ1) is 32.8. The average molecular weight is 680 g/mol. The molecule has 0 fully saturated rings. The number of hydrogen-bond donors (Lipinski definition) is 0. The van der Waals surface area contributed by atoms with Gasteiger partial charge in [-0.2, -0.15) is 0 Å². The molecule has 0 amide bonds. The van der Waals surface area contributed by atoms with E-state index in [-0.39, 0.29) is 22.4 Å². The van der Waals surface area contributed by atoms with E-state index in [0.717, 1.165) is 5.34 Å². The van der Waals surface area contributed by atoms with E-state index in [1.165, 1.54) is 31.8 Å². The average Bonchev–Trinajstić information content (AvgIpc) is 3.05. The minimum absolute atomic E-state index is 0. The van der Waals surface area contributed by atoms with Gasteiger partial charge < -0.3 is 10.1 Å². The van der Waals surface area contributed by atoms with E-state index in [9.17, 15) is 0 Å². The third-order valence-corrected chi connectivity index (χ3v) is 11.8. The van der Waals surface area contributed by atoms with Crippen LogP contribution in [0.25, 0.3) is 0 Å². The molecule has 6 heteroatoms. The summed E-state index contributed by atoms with van der Waals surface area (Å²) in [6, 6.07) is 65.0. The Morgan fingerprint density at radius 3 is 0.571 bits per heavy atom. The van der Waals surface area contributed by atoms with Crippen LogP contribution in [-0.4, -0.2) is 0 Å². The fourth-order valence-electron chi connectivity index (χ4n) is 4.63. The summed E-state index contributed by atoms with van der Waals surface area (Å²) in [4.78, 5) is 8.00. The Labute approximate surface area is 266 Å². The summed E-state index contributed by atoms with van der Waals surface area (Å²) < 4.78 is 0. The van der Waals surface area contributed by atoms with Crippen LogP contribution in [0.4, 0.5) is 0 Å². The molecule has 0 saturated heterocycles. The summed E-state index contributed by atoms with van der Waals surface area (Å²) in [5.41, 5.74) is 0. The van der Waals surface area contributed by atoms with Gasteiger partial charge in [0, 0.05) is 0 Å². The molecule has 0 saturated carbocycles. The standard InChI is InChI=1S/2C18H15P.Ag.HNO2/c2*1-4-10-16(11-5-1)19(17-12-6-2-7-13-17)18-14-8-3-9-15-18;;2-1-3/h2*1-15H;;(H,2,3)/q;;+1;/p+1. The van der Waals surface area contributed by atoms with Crippen LogP contribution in [0.2, 0.25) is 0 Å². The van der Waals surface area contributed by atoms with Crippen molar-refractivity contribution in [2.24, 2.45) is 5.34 Å². The molecule has 0 unspecified atom stereocenters. The molecule has 0 heterocycles. The van der Waals surface area contributed by atoms with Crippen LogP contribution in [-0.2, 0) is 22.4 Å². The first-order chi connectivity index (χ1) is 20.3. The van der Waals surface area contributed by atoms with Gasteiger partial charge >= 0.3 is 22.4 Å². The van der Waals surface area contributed by atoms with Gasteiger partial charge in [-0.15, -0.1) is 5.34 Å². The van der Waals surface area contributed by atoms with Crippen molar-refractivity contribution in [2.75, 3.05) is 0 Å². The molecule has 6 aromatic carbocycles. The van der Waals surface area contributed by atoms with Gasteiger partial charge in [0.2, 0.25) is 0 Å². The third-order valence-electron chi connectivity index (χ3n) is 6.37. The van der Waals surface area contributed by atoms with Gasteiger partial charge in [0.05, 0.1) is 15.8 Å². The second-order valence-corrected chi connectivity index (χ2v) is 14.0. The van der Waals surface area contributed by atoms with Crippen molar-refractivity contribution in [2.45, 2.75) is 0 Å². The van der Waals surface area contributed by atoms with Gasteiger partial charge in [0.15, 0.2) is 0 Å². The smallest absolute Gasteiger partial charge is 0.444 e. The summed E-state index contributed by atoms with van der Waals surface area (Å²) in [6.45, 7) is 0. The fourth-order valence-corrected chi connectivity index (χ4v) is 9.78. The SMILES string of the molecule is O=N[O-].[Ag+].c1ccc([PH+](c2ccccc2)c2ccccc2)cc1.c1ccc([PH+](c2ccccc2)c2ccccc2)cc1. The summed E-state index contributed by atoms with van der Waals surface area (Å²) >= 11 is 0. The molecule has 0 radical (unpaired) electrons. The summed E-state index contributed by atoms with van der Waals surface area (Å²) in [5, 5.41) is 17.6. The number of hydrogen-bond acceptors (Lipinski definition) is 3. The van der Waals surface area contributed by atoms with E-state index in [2.05, 4.69) is 182 Å². The van der Waals surface area contributed by atoms with E-state index in [0.29, 0.717) is 0 Å². The van der Waals surface area contributed by atoms with Crippen molar-refractivity contribution in [3.63, 3.8) is 0 Å². The summed E-state index contributed by atoms with van der Waals surface area (Å²) in [5.74, 6) is 0. The first-order valence-corrected chi connectivity index (χ1v) is 16.3. The number of nitrogens with zero attached hydrogens (tertiary/aromatic N) is 1. The van der Waals surface area contributed by atoms with Crippen molar-refractivity contribution >= 4 is 47.7 Å².